The fourth-order valence-corrected chi connectivity index (χ4v) is 3.09. The van der Waals surface area contributed by atoms with Gasteiger partial charge in [0.1, 0.15) is 0 Å². The van der Waals surface area contributed by atoms with Crippen LogP contribution in [0.5, 0.6) is 0 Å². The van der Waals surface area contributed by atoms with E-state index in [0.29, 0.717) is 18.6 Å². The van der Waals surface area contributed by atoms with Crippen LogP contribution < -0.4 is 5.32 Å². The summed E-state index contributed by atoms with van der Waals surface area (Å²) < 4.78 is 0. The Kier molecular flexibility index (Phi) is 5.46. The van der Waals surface area contributed by atoms with Crippen molar-refractivity contribution in [3.8, 4) is 0 Å². The van der Waals surface area contributed by atoms with Crippen LogP contribution in [0.2, 0.25) is 0 Å². The average molecular weight is 254 g/mol. The van der Waals surface area contributed by atoms with Crippen LogP contribution in [0.15, 0.2) is 0 Å². The van der Waals surface area contributed by atoms with Crippen LogP contribution in [0.3, 0.4) is 0 Å². The van der Waals surface area contributed by atoms with Crippen molar-refractivity contribution in [3.63, 3.8) is 0 Å². The molecule has 1 saturated heterocycles. The quantitative estimate of drug-likeness (QED) is 0.728. The Bertz CT molecular complexity index is 241. The van der Waals surface area contributed by atoms with Crippen molar-refractivity contribution in [2.75, 3.05) is 26.2 Å². The van der Waals surface area contributed by atoms with Gasteiger partial charge in [0.05, 0.1) is 0 Å². The summed E-state index contributed by atoms with van der Waals surface area (Å²) in [4.78, 5) is 2.66. The molecule has 2 atom stereocenters. The monoisotopic (exact) mass is 254 g/mol. The first-order chi connectivity index (χ1) is 8.69. The maximum atomic E-state index is 9.16. The van der Waals surface area contributed by atoms with E-state index in [-0.39, 0.29) is 0 Å². The van der Waals surface area contributed by atoms with Gasteiger partial charge in [0, 0.05) is 31.8 Å². The van der Waals surface area contributed by atoms with Crippen LogP contribution in [0.4, 0.5) is 0 Å². The SMILES string of the molecule is CC(C)CCNC1CC(CCO)CN(C2CC2)C1. The number of aliphatic hydroxyl groups is 1. The Hall–Kier alpha value is -0.120. The number of nitrogens with one attached hydrogen (secondary N) is 1. The van der Waals surface area contributed by atoms with E-state index in [4.69, 9.17) is 5.11 Å². The van der Waals surface area contributed by atoms with Gasteiger partial charge in [0.15, 0.2) is 0 Å². The van der Waals surface area contributed by atoms with Crippen LogP contribution >= 0.6 is 0 Å². The lowest BCUT2D eigenvalue weighted by Crippen LogP contribution is -2.50. The number of nitrogens with zero attached hydrogens (tertiary/aromatic N) is 1. The van der Waals surface area contributed by atoms with Gasteiger partial charge in [0.25, 0.3) is 0 Å². The Labute approximate surface area is 112 Å². The first-order valence-electron chi connectivity index (χ1n) is 7.77. The molecule has 0 aromatic carbocycles. The van der Waals surface area contributed by atoms with Crippen LogP contribution in [0.1, 0.15) is 46.0 Å². The lowest BCUT2D eigenvalue weighted by molar-refractivity contribution is 0.114. The molecule has 3 heteroatoms. The summed E-state index contributed by atoms with van der Waals surface area (Å²) in [6.07, 6.45) is 6.28. The van der Waals surface area contributed by atoms with E-state index in [2.05, 4.69) is 24.1 Å². The fraction of sp³-hybridized carbons (Fsp3) is 1.00. The lowest BCUT2D eigenvalue weighted by atomic mass is 9.91. The highest BCUT2D eigenvalue weighted by Gasteiger charge is 2.35. The maximum absolute atomic E-state index is 9.16. The molecule has 1 aliphatic carbocycles. The summed E-state index contributed by atoms with van der Waals surface area (Å²) in [6, 6.07) is 1.51. The molecule has 0 spiro atoms. The topological polar surface area (TPSA) is 35.5 Å². The van der Waals surface area contributed by atoms with E-state index < -0.39 is 0 Å². The largest absolute Gasteiger partial charge is 0.396 e. The molecule has 0 amide bonds. The van der Waals surface area contributed by atoms with Crippen molar-refractivity contribution in [1.82, 2.24) is 10.2 Å². The zero-order valence-electron chi connectivity index (χ0n) is 12.1. The third kappa shape index (κ3) is 4.52. The number of likely N-dealkylation sites (tertiary alicyclic amines) is 1. The summed E-state index contributed by atoms with van der Waals surface area (Å²) in [7, 11) is 0. The van der Waals surface area contributed by atoms with Gasteiger partial charge in [-0.25, -0.2) is 0 Å². The van der Waals surface area contributed by atoms with Crippen molar-refractivity contribution >= 4 is 0 Å². The Balaban J connectivity index is 1.76. The maximum Gasteiger partial charge on any atom is 0.0434 e. The number of hydrogen-bond acceptors (Lipinski definition) is 3. The predicted molar refractivity (Wildman–Crippen MR) is 75.7 cm³/mol. The second kappa shape index (κ2) is 6.88. The molecule has 2 rings (SSSR count). The summed E-state index contributed by atoms with van der Waals surface area (Å²) in [6.45, 7) is 8.51. The second-order valence-corrected chi connectivity index (χ2v) is 6.63. The highest BCUT2D eigenvalue weighted by atomic mass is 16.3. The lowest BCUT2D eigenvalue weighted by Gasteiger charge is -2.38. The number of piperidine rings is 1. The van der Waals surface area contributed by atoms with Crippen molar-refractivity contribution in [1.29, 1.82) is 0 Å². The fourth-order valence-electron chi connectivity index (χ4n) is 3.09. The van der Waals surface area contributed by atoms with Gasteiger partial charge in [-0.05, 0) is 50.5 Å². The highest BCUT2D eigenvalue weighted by Crippen LogP contribution is 2.31. The zero-order chi connectivity index (χ0) is 13.0. The molecule has 1 heterocycles. The van der Waals surface area contributed by atoms with Gasteiger partial charge in [0.2, 0.25) is 0 Å². The van der Waals surface area contributed by atoms with Gasteiger partial charge in [-0.15, -0.1) is 0 Å². The summed E-state index contributed by atoms with van der Waals surface area (Å²) in [5, 5.41) is 12.9. The van der Waals surface area contributed by atoms with E-state index in [1.165, 1.54) is 38.8 Å². The minimum Gasteiger partial charge on any atom is -0.396 e. The average Bonchev–Trinajstić information content (AvgIpc) is 3.12. The van der Waals surface area contributed by atoms with Gasteiger partial charge in [-0.2, -0.15) is 0 Å². The summed E-state index contributed by atoms with van der Waals surface area (Å²) >= 11 is 0. The van der Waals surface area contributed by atoms with Crippen LogP contribution in [0, 0.1) is 11.8 Å². The van der Waals surface area contributed by atoms with Crippen molar-refractivity contribution < 1.29 is 5.11 Å². The molecular weight excluding hydrogens is 224 g/mol. The van der Waals surface area contributed by atoms with Gasteiger partial charge in [-0.3, -0.25) is 4.90 Å². The van der Waals surface area contributed by atoms with Gasteiger partial charge in [-0.1, -0.05) is 13.8 Å². The van der Waals surface area contributed by atoms with E-state index >= 15 is 0 Å². The van der Waals surface area contributed by atoms with E-state index in [1.807, 2.05) is 0 Å². The minimum absolute atomic E-state index is 0.349. The molecule has 0 radical (unpaired) electrons. The molecule has 1 saturated carbocycles. The second-order valence-electron chi connectivity index (χ2n) is 6.63. The first kappa shape index (κ1) is 14.3. The highest BCUT2D eigenvalue weighted by molar-refractivity contribution is 4.92. The molecule has 2 fully saturated rings. The molecule has 2 unspecified atom stereocenters. The molecule has 0 aromatic rings. The Morgan fingerprint density at radius 1 is 1.28 bits per heavy atom. The van der Waals surface area contributed by atoms with E-state index in [0.717, 1.165) is 24.9 Å². The normalized spacial score (nSPS) is 30.0. The van der Waals surface area contributed by atoms with E-state index in [1.54, 1.807) is 0 Å². The molecule has 106 valence electrons. The predicted octanol–water partition coefficient (Wildman–Crippen LogP) is 1.86. The molecule has 18 heavy (non-hydrogen) atoms. The number of hydrogen-bond donors (Lipinski definition) is 2. The summed E-state index contributed by atoms with van der Waals surface area (Å²) in [5.74, 6) is 1.48. The standard InChI is InChI=1S/C15H30N2O/c1-12(2)5-7-16-14-9-13(6-8-18)10-17(11-14)15-3-4-15/h12-16,18H,3-11H2,1-2H3. The molecule has 2 aliphatic rings. The first-order valence-corrected chi connectivity index (χ1v) is 7.77. The van der Waals surface area contributed by atoms with Crippen LogP contribution in [-0.4, -0.2) is 48.3 Å². The number of aliphatic hydroxyl groups excluding tert-OH is 1. The van der Waals surface area contributed by atoms with Gasteiger partial charge < -0.3 is 10.4 Å². The minimum atomic E-state index is 0.349. The summed E-state index contributed by atoms with van der Waals surface area (Å²) in [5.41, 5.74) is 0. The van der Waals surface area contributed by atoms with Gasteiger partial charge >= 0.3 is 0 Å². The third-order valence-electron chi connectivity index (χ3n) is 4.32. The number of rotatable bonds is 7. The molecule has 3 nitrogen and oxygen atoms in total. The van der Waals surface area contributed by atoms with E-state index in [9.17, 15) is 0 Å². The van der Waals surface area contributed by atoms with Crippen molar-refractivity contribution in [2.45, 2.75) is 58.0 Å². The smallest absolute Gasteiger partial charge is 0.0434 e. The van der Waals surface area contributed by atoms with Crippen molar-refractivity contribution in [2.24, 2.45) is 11.8 Å². The molecular formula is C15H30N2O. The van der Waals surface area contributed by atoms with Crippen LogP contribution in [-0.2, 0) is 0 Å². The van der Waals surface area contributed by atoms with Crippen LogP contribution in [0.25, 0.3) is 0 Å². The molecule has 0 bridgehead atoms. The zero-order valence-corrected chi connectivity index (χ0v) is 12.1. The molecule has 1 aliphatic heterocycles. The Morgan fingerprint density at radius 3 is 2.67 bits per heavy atom. The molecule has 0 aromatic heterocycles. The Morgan fingerprint density at radius 2 is 2.06 bits per heavy atom. The van der Waals surface area contributed by atoms with Crippen molar-refractivity contribution in [3.05, 3.63) is 0 Å². The third-order valence-corrected chi connectivity index (χ3v) is 4.32. The molecule has 2 N–H and O–H groups in total.